The molecule has 0 bridgehead atoms. The molecule has 1 nitrogen and oxygen atoms in total. The Hall–Kier alpha value is -0.980. The van der Waals surface area contributed by atoms with Crippen molar-refractivity contribution in [2.45, 2.75) is 13.8 Å². The number of rotatable bonds is 0. The van der Waals surface area contributed by atoms with Crippen LogP contribution in [0.15, 0.2) is 35.6 Å². The summed E-state index contributed by atoms with van der Waals surface area (Å²) in [6, 6.07) is 0. The molecule has 0 aromatic heterocycles. The van der Waals surface area contributed by atoms with Gasteiger partial charge in [-0.05, 0) is 30.6 Å². The lowest BCUT2D eigenvalue weighted by Gasteiger charge is -1.93. The summed E-state index contributed by atoms with van der Waals surface area (Å²) in [6.45, 7) is 4.01. The van der Waals surface area contributed by atoms with Crippen LogP contribution in [-0.2, 0) is 0 Å². The Morgan fingerprint density at radius 1 is 1.50 bits per heavy atom. The molecule has 0 radical (unpaired) electrons. The van der Waals surface area contributed by atoms with Crippen LogP contribution in [0.25, 0.3) is 0 Å². The topological polar surface area (TPSA) is 20.2 Å². The van der Waals surface area contributed by atoms with Crippen LogP contribution in [0.5, 0.6) is 0 Å². The average molecular weight is 136 g/mol. The van der Waals surface area contributed by atoms with Crippen LogP contribution in [0.4, 0.5) is 0 Å². The highest BCUT2D eigenvalue weighted by atomic mass is 16.3. The second-order valence-corrected chi connectivity index (χ2v) is 2.70. The first-order valence-corrected chi connectivity index (χ1v) is 3.46. The van der Waals surface area contributed by atoms with E-state index in [9.17, 15) is 5.11 Å². The molecule has 10 heavy (non-hydrogen) atoms. The van der Waals surface area contributed by atoms with E-state index in [1.807, 2.05) is 26.0 Å². The van der Waals surface area contributed by atoms with E-state index in [4.69, 9.17) is 0 Å². The van der Waals surface area contributed by atoms with Gasteiger partial charge < -0.3 is 5.11 Å². The maximum Gasteiger partial charge on any atom is 0.112 e. The van der Waals surface area contributed by atoms with Crippen molar-refractivity contribution in [2.24, 2.45) is 5.92 Å². The Bertz CT molecular complexity index is 209. The molecule has 1 aliphatic rings. The quantitative estimate of drug-likeness (QED) is 0.542. The van der Waals surface area contributed by atoms with Gasteiger partial charge >= 0.3 is 0 Å². The van der Waals surface area contributed by atoms with Crippen LogP contribution in [0.2, 0.25) is 0 Å². The predicted molar refractivity (Wildman–Crippen MR) is 42.8 cm³/mol. The second kappa shape index (κ2) is 2.74. The fourth-order valence-electron chi connectivity index (χ4n) is 0.958. The van der Waals surface area contributed by atoms with Gasteiger partial charge in [0.05, 0.1) is 0 Å². The van der Waals surface area contributed by atoms with Crippen LogP contribution < -0.4 is 0 Å². The number of hydrogen-bond donors (Lipinski definition) is 1. The lowest BCUT2D eigenvalue weighted by Crippen LogP contribution is -1.82. The standard InChI is InChI=1S/C9H12O/c1-7-3-4-8(2)6-9(10)5-7/h3-7,10H,1-2H3. The smallest absolute Gasteiger partial charge is 0.112 e. The van der Waals surface area contributed by atoms with Gasteiger partial charge in [-0.25, -0.2) is 0 Å². The first-order valence-electron chi connectivity index (χ1n) is 3.46. The van der Waals surface area contributed by atoms with Crippen molar-refractivity contribution < 1.29 is 5.11 Å². The highest BCUT2D eigenvalue weighted by Crippen LogP contribution is 2.12. The summed E-state index contributed by atoms with van der Waals surface area (Å²) in [5.74, 6) is 0.712. The average Bonchev–Trinajstić information content (AvgIpc) is 1.93. The van der Waals surface area contributed by atoms with E-state index >= 15 is 0 Å². The third-order valence-electron chi connectivity index (χ3n) is 1.47. The number of aliphatic hydroxyl groups is 1. The molecular formula is C9H12O. The Morgan fingerprint density at radius 3 is 2.90 bits per heavy atom. The van der Waals surface area contributed by atoms with Crippen molar-refractivity contribution in [2.75, 3.05) is 0 Å². The summed E-state index contributed by atoms with van der Waals surface area (Å²) in [6.07, 6.45) is 7.67. The van der Waals surface area contributed by atoms with Gasteiger partial charge in [0, 0.05) is 0 Å². The summed E-state index contributed by atoms with van der Waals surface area (Å²) in [7, 11) is 0. The SMILES string of the molecule is CC1=CC(O)=CC(C)C=C1. The third-order valence-corrected chi connectivity index (χ3v) is 1.47. The molecule has 1 heteroatoms. The maximum absolute atomic E-state index is 9.17. The molecular weight excluding hydrogens is 124 g/mol. The van der Waals surface area contributed by atoms with E-state index in [0.29, 0.717) is 11.7 Å². The van der Waals surface area contributed by atoms with Gasteiger partial charge in [-0.2, -0.15) is 0 Å². The Balaban J connectivity index is 2.88. The second-order valence-electron chi connectivity index (χ2n) is 2.70. The highest BCUT2D eigenvalue weighted by Gasteiger charge is 1.98. The molecule has 0 amide bonds. The van der Waals surface area contributed by atoms with Gasteiger partial charge in [0.2, 0.25) is 0 Å². The van der Waals surface area contributed by atoms with Crippen molar-refractivity contribution >= 4 is 0 Å². The zero-order valence-electron chi connectivity index (χ0n) is 6.33. The minimum atomic E-state index is 0.341. The molecule has 0 spiro atoms. The number of aliphatic hydroxyl groups excluding tert-OH is 1. The zero-order valence-corrected chi connectivity index (χ0v) is 6.33. The summed E-state index contributed by atoms with van der Waals surface area (Å²) < 4.78 is 0. The molecule has 54 valence electrons. The van der Waals surface area contributed by atoms with E-state index < -0.39 is 0 Å². The maximum atomic E-state index is 9.17. The highest BCUT2D eigenvalue weighted by molar-refractivity contribution is 5.29. The van der Waals surface area contributed by atoms with Gasteiger partial charge in [0.25, 0.3) is 0 Å². The molecule has 1 unspecified atom stereocenters. The van der Waals surface area contributed by atoms with E-state index in [1.54, 1.807) is 6.08 Å². The van der Waals surface area contributed by atoms with E-state index in [-0.39, 0.29) is 0 Å². The minimum absolute atomic E-state index is 0.341. The molecule has 0 aromatic carbocycles. The third kappa shape index (κ3) is 1.76. The molecule has 1 rings (SSSR count). The Morgan fingerprint density at radius 2 is 2.20 bits per heavy atom. The zero-order chi connectivity index (χ0) is 7.56. The molecule has 0 heterocycles. The van der Waals surface area contributed by atoms with Crippen molar-refractivity contribution in [1.82, 2.24) is 0 Å². The Kier molecular flexibility index (Phi) is 1.95. The molecule has 1 aliphatic carbocycles. The summed E-state index contributed by atoms with van der Waals surface area (Å²) in [4.78, 5) is 0. The van der Waals surface area contributed by atoms with E-state index in [2.05, 4.69) is 6.08 Å². The van der Waals surface area contributed by atoms with Crippen LogP contribution in [-0.4, -0.2) is 5.11 Å². The van der Waals surface area contributed by atoms with Gasteiger partial charge in [-0.3, -0.25) is 0 Å². The minimum Gasteiger partial charge on any atom is -0.508 e. The predicted octanol–water partition coefficient (Wildman–Crippen LogP) is 2.58. The molecule has 1 N–H and O–H groups in total. The Labute approximate surface area is 61.4 Å². The van der Waals surface area contributed by atoms with Gasteiger partial charge in [-0.15, -0.1) is 0 Å². The first-order chi connectivity index (χ1) is 4.68. The molecule has 0 aliphatic heterocycles. The number of allylic oxidation sites excluding steroid dienone is 5. The van der Waals surface area contributed by atoms with Crippen molar-refractivity contribution in [1.29, 1.82) is 0 Å². The van der Waals surface area contributed by atoms with Crippen molar-refractivity contribution in [3.05, 3.63) is 35.6 Å². The lowest BCUT2D eigenvalue weighted by atomic mass is 10.1. The summed E-state index contributed by atoms with van der Waals surface area (Å²) in [5, 5.41) is 9.17. The monoisotopic (exact) mass is 136 g/mol. The van der Waals surface area contributed by atoms with Crippen LogP contribution >= 0.6 is 0 Å². The first kappa shape index (κ1) is 7.13. The summed E-state index contributed by atoms with van der Waals surface area (Å²) in [5.41, 5.74) is 1.10. The van der Waals surface area contributed by atoms with Crippen molar-refractivity contribution in [3.63, 3.8) is 0 Å². The lowest BCUT2D eigenvalue weighted by molar-refractivity contribution is 0.427. The fourth-order valence-corrected chi connectivity index (χ4v) is 0.958. The normalized spacial score (nSPS) is 25.2. The van der Waals surface area contributed by atoms with E-state index in [1.165, 1.54) is 0 Å². The van der Waals surface area contributed by atoms with Crippen LogP contribution in [0.3, 0.4) is 0 Å². The molecule has 0 saturated heterocycles. The van der Waals surface area contributed by atoms with Gasteiger partial charge in [0.15, 0.2) is 0 Å². The fraction of sp³-hybridized carbons (Fsp3) is 0.333. The van der Waals surface area contributed by atoms with Crippen LogP contribution in [0.1, 0.15) is 13.8 Å². The van der Waals surface area contributed by atoms with Crippen LogP contribution in [0, 0.1) is 5.92 Å². The molecule has 0 saturated carbocycles. The van der Waals surface area contributed by atoms with Gasteiger partial charge in [-0.1, -0.05) is 19.1 Å². The van der Waals surface area contributed by atoms with Gasteiger partial charge in [0.1, 0.15) is 5.76 Å². The summed E-state index contributed by atoms with van der Waals surface area (Å²) >= 11 is 0. The molecule has 0 aromatic rings. The molecule has 0 fully saturated rings. The largest absolute Gasteiger partial charge is 0.508 e. The number of hydrogen-bond acceptors (Lipinski definition) is 1. The van der Waals surface area contributed by atoms with Crippen molar-refractivity contribution in [3.8, 4) is 0 Å². The van der Waals surface area contributed by atoms with E-state index in [0.717, 1.165) is 5.57 Å². The molecule has 1 atom stereocenters.